The fourth-order valence-electron chi connectivity index (χ4n) is 0.384. The lowest BCUT2D eigenvalue weighted by Crippen LogP contribution is -2.17. The molecule has 0 spiro atoms. The summed E-state index contributed by atoms with van der Waals surface area (Å²) in [6.45, 7) is 0. The summed E-state index contributed by atoms with van der Waals surface area (Å²) in [6.07, 6.45) is 2.89. The van der Waals surface area contributed by atoms with Crippen LogP contribution in [0.15, 0.2) is 17.2 Å². The zero-order valence-electron chi connectivity index (χ0n) is 4.46. The summed E-state index contributed by atoms with van der Waals surface area (Å²) in [4.78, 5) is 13.9. The summed E-state index contributed by atoms with van der Waals surface area (Å²) >= 11 is 0. The summed E-state index contributed by atoms with van der Waals surface area (Å²) in [5, 5.41) is 0. The van der Waals surface area contributed by atoms with Crippen molar-refractivity contribution in [3.63, 3.8) is 0 Å². The monoisotopic (exact) mass is 109 g/mol. The van der Waals surface area contributed by atoms with Crippen LogP contribution < -0.4 is 5.69 Å². The van der Waals surface area contributed by atoms with Gasteiger partial charge in [-0.15, -0.1) is 0 Å². The Bertz CT molecular complexity index is 228. The van der Waals surface area contributed by atoms with Crippen molar-refractivity contribution >= 4 is 0 Å². The van der Waals surface area contributed by atoms with Gasteiger partial charge >= 0.3 is 5.69 Å². The van der Waals surface area contributed by atoms with Crippen molar-refractivity contribution in [1.29, 1.82) is 0 Å². The molecule has 1 aromatic rings. The Kier molecular flexibility index (Phi) is 1.12. The van der Waals surface area contributed by atoms with Crippen LogP contribution in [-0.4, -0.2) is 9.55 Å². The molecule has 0 bridgehead atoms. The van der Waals surface area contributed by atoms with E-state index in [2.05, 4.69) is 11.1 Å². The molecule has 0 saturated carbocycles. The van der Waals surface area contributed by atoms with Gasteiger partial charge in [0.15, 0.2) is 0 Å². The lowest BCUT2D eigenvalue weighted by atomic mass is 10.7. The van der Waals surface area contributed by atoms with Gasteiger partial charge in [-0.25, -0.2) is 9.78 Å². The second kappa shape index (κ2) is 1.78. The third-order valence-electron chi connectivity index (χ3n) is 0.819. The standard InChI is InChI=1S/C5H5N2O/c1-7-4-2-3-6-5(7)8/h3-4H,1H3. The zero-order chi connectivity index (χ0) is 5.98. The molecule has 0 aliphatic carbocycles. The van der Waals surface area contributed by atoms with Crippen LogP contribution in [0.1, 0.15) is 0 Å². The van der Waals surface area contributed by atoms with Gasteiger partial charge in [0.25, 0.3) is 0 Å². The van der Waals surface area contributed by atoms with Crippen molar-refractivity contribution in [3.8, 4) is 0 Å². The van der Waals surface area contributed by atoms with E-state index in [1.807, 2.05) is 0 Å². The fourth-order valence-corrected chi connectivity index (χ4v) is 0.384. The number of aryl methyl sites for hydroxylation is 1. The van der Waals surface area contributed by atoms with E-state index >= 15 is 0 Å². The Morgan fingerprint density at radius 2 is 2.62 bits per heavy atom. The summed E-state index contributed by atoms with van der Waals surface area (Å²) in [7, 11) is 1.63. The molecular weight excluding hydrogens is 104 g/mol. The first-order valence-corrected chi connectivity index (χ1v) is 2.19. The summed E-state index contributed by atoms with van der Waals surface area (Å²) in [5.41, 5.74) is -0.247. The van der Waals surface area contributed by atoms with Gasteiger partial charge in [0.1, 0.15) is 0 Å². The van der Waals surface area contributed by atoms with Crippen molar-refractivity contribution in [2.24, 2.45) is 7.05 Å². The van der Waals surface area contributed by atoms with Crippen molar-refractivity contribution in [2.75, 3.05) is 0 Å². The molecular formula is C5H5N2O. The highest BCUT2D eigenvalue weighted by atomic mass is 16.1. The van der Waals surface area contributed by atoms with Crippen LogP contribution in [0.4, 0.5) is 0 Å². The second-order valence-electron chi connectivity index (χ2n) is 1.45. The van der Waals surface area contributed by atoms with E-state index < -0.39 is 0 Å². The van der Waals surface area contributed by atoms with Gasteiger partial charge in [-0.2, -0.15) is 0 Å². The lowest BCUT2D eigenvalue weighted by molar-refractivity contribution is 0.808. The Morgan fingerprint density at radius 3 is 3.00 bits per heavy atom. The normalized spacial score (nSPS) is 9.12. The zero-order valence-corrected chi connectivity index (χ0v) is 4.46. The molecule has 1 rings (SSSR count). The Hall–Kier alpha value is -1.12. The van der Waals surface area contributed by atoms with Crippen LogP contribution in [0.25, 0.3) is 0 Å². The third kappa shape index (κ3) is 0.753. The molecule has 0 aromatic carbocycles. The summed E-state index contributed by atoms with van der Waals surface area (Å²) in [5.74, 6) is 0. The maximum atomic E-state index is 10.5. The molecule has 0 N–H and O–H groups in total. The smallest absolute Gasteiger partial charge is 0.302 e. The van der Waals surface area contributed by atoms with Gasteiger partial charge in [-0.1, -0.05) is 0 Å². The van der Waals surface area contributed by atoms with E-state index in [9.17, 15) is 4.79 Å². The molecule has 0 aliphatic heterocycles. The molecule has 1 aromatic heterocycles. The molecule has 1 radical (unpaired) electrons. The maximum absolute atomic E-state index is 10.5. The SMILES string of the molecule is Cn1c[c]cnc1=O. The molecule has 3 nitrogen and oxygen atoms in total. The highest BCUT2D eigenvalue weighted by Gasteiger charge is 1.81. The predicted octanol–water partition coefficient (Wildman–Crippen LogP) is -0.420. The van der Waals surface area contributed by atoms with Gasteiger partial charge in [-0.05, 0) is 0 Å². The van der Waals surface area contributed by atoms with Crippen LogP contribution in [0.3, 0.4) is 0 Å². The lowest BCUT2D eigenvalue weighted by Gasteiger charge is -1.87. The number of rotatable bonds is 0. The molecule has 0 amide bonds. The topological polar surface area (TPSA) is 34.9 Å². The molecule has 0 aliphatic rings. The number of hydrogen-bond acceptors (Lipinski definition) is 2. The quantitative estimate of drug-likeness (QED) is 0.453. The number of nitrogens with zero attached hydrogens (tertiary/aromatic N) is 2. The Morgan fingerprint density at radius 1 is 1.88 bits per heavy atom. The van der Waals surface area contributed by atoms with Crippen LogP contribution in [0.5, 0.6) is 0 Å². The first-order chi connectivity index (χ1) is 3.80. The van der Waals surface area contributed by atoms with E-state index in [-0.39, 0.29) is 5.69 Å². The maximum Gasteiger partial charge on any atom is 0.347 e. The molecule has 0 fully saturated rings. The molecule has 41 valence electrons. The summed E-state index contributed by atoms with van der Waals surface area (Å²) in [6, 6.07) is 2.65. The summed E-state index contributed by atoms with van der Waals surface area (Å²) < 4.78 is 1.36. The molecule has 0 unspecified atom stereocenters. The Labute approximate surface area is 46.6 Å². The molecule has 1 heterocycles. The van der Waals surface area contributed by atoms with Crippen LogP contribution in [0, 0.1) is 6.07 Å². The van der Waals surface area contributed by atoms with Crippen LogP contribution in [-0.2, 0) is 7.05 Å². The number of aromatic nitrogens is 2. The third-order valence-corrected chi connectivity index (χ3v) is 0.819. The predicted molar refractivity (Wildman–Crippen MR) is 28.3 cm³/mol. The van der Waals surface area contributed by atoms with Gasteiger partial charge in [-0.3, -0.25) is 0 Å². The highest BCUT2D eigenvalue weighted by molar-refractivity contribution is 4.75. The highest BCUT2D eigenvalue weighted by Crippen LogP contribution is 1.66. The number of hydrogen-bond donors (Lipinski definition) is 0. The van der Waals surface area contributed by atoms with E-state index in [1.165, 1.54) is 17.0 Å². The van der Waals surface area contributed by atoms with E-state index in [0.717, 1.165) is 0 Å². The molecule has 3 heteroatoms. The Balaban J connectivity index is 3.35. The van der Waals surface area contributed by atoms with E-state index in [0.29, 0.717) is 0 Å². The van der Waals surface area contributed by atoms with Gasteiger partial charge in [0.05, 0.1) is 0 Å². The average Bonchev–Trinajstić information content (AvgIpc) is 1.77. The van der Waals surface area contributed by atoms with Crippen molar-refractivity contribution in [2.45, 2.75) is 0 Å². The minimum atomic E-state index is -0.247. The van der Waals surface area contributed by atoms with Crippen molar-refractivity contribution in [3.05, 3.63) is 28.9 Å². The molecule has 0 atom stereocenters. The van der Waals surface area contributed by atoms with Crippen molar-refractivity contribution < 1.29 is 0 Å². The first-order valence-electron chi connectivity index (χ1n) is 2.19. The van der Waals surface area contributed by atoms with Crippen molar-refractivity contribution in [1.82, 2.24) is 9.55 Å². The van der Waals surface area contributed by atoms with E-state index in [1.54, 1.807) is 7.05 Å². The van der Waals surface area contributed by atoms with Crippen LogP contribution in [0.2, 0.25) is 0 Å². The average molecular weight is 109 g/mol. The minimum Gasteiger partial charge on any atom is -0.302 e. The second-order valence-corrected chi connectivity index (χ2v) is 1.45. The van der Waals surface area contributed by atoms with Crippen LogP contribution >= 0.6 is 0 Å². The van der Waals surface area contributed by atoms with E-state index in [4.69, 9.17) is 0 Å². The minimum absolute atomic E-state index is 0.247. The fraction of sp³-hybridized carbons (Fsp3) is 0.200. The molecule has 8 heavy (non-hydrogen) atoms. The first kappa shape index (κ1) is 5.03. The van der Waals surface area contributed by atoms with Gasteiger partial charge < -0.3 is 4.57 Å². The van der Waals surface area contributed by atoms with Gasteiger partial charge in [0, 0.05) is 25.5 Å². The molecule has 0 saturated heterocycles. The largest absolute Gasteiger partial charge is 0.347 e. The van der Waals surface area contributed by atoms with Gasteiger partial charge in [0.2, 0.25) is 0 Å².